The molecule has 0 aromatic heterocycles. The molecule has 0 saturated heterocycles. The molecule has 1 unspecified atom stereocenters. The molecular weight excluding hydrogens is 238 g/mol. The van der Waals surface area contributed by atoms with Gasteiger partial charge in [0.05, 0.1) is 0 Å². The summed E-state index contributed by atoms with van der Waals surface area (Å²) in [5.74, 6) is -0.0103. The molecule has 18 heavy (non-hydrogen) atoms. The quantitative estimate of drug-likeness (QED) is 0.901. The van der Waals surface area contributed by atoms with Gasteiger partial charge in [-0.1, -0.05) is 48.5 Å². The minimum atomic E-state index is -2.91. The van der Waals surface area contributed by atoms with E-state index in [1.807, 2.05) is 6.07 Å². The summed E-state index contributed by atoms with van der Waals surface area (Å²) in [6, 6.07) is 15.0. The molecule has 0 radical (unpaired) electrons. The maximum atomic E-state index is 12.3. The van der Waals surface area contributed by atoms with Crippen LogP contribution in [0.4, 0.5) is 8.78 Å². The number of rotatable bonds is 4. The van der Waals surface area contributed by atoms with Crippen LogP contribution in [-0.2, 0) is 0 Å². The first-order valence-corrected chi connectivity index (χ1v) is 5.45. The maximum absolute atomic E-state index is 12.3. The van der Waals surface area contributed by atoms with Crippen molar-refractivity contribution in [3.63, 3.8) is 0 Å². The molecular formula is C14H12F2O2. The number of ether oxygens (including phenoxy) is 1. The summed E-state index contributed by atoms with van der Waals surface area (Å²) in [5, 5.41) is 10.2. The Labute approximate surface area is 103 Å². The highest BCUT2D eigenvalue weighted by Crippen LogP contribution is 2.30. The lowest BCUT2D eigenvalue weighted by molar-refractivity contribution is -0.0512. The highest BCUT2D eigenvalue weighted by Gasteiger charge is 2.17. The lowest BCUT2D eigenvalue weighted by Gasteiger charge is -2.15. The first-order chi connectivity index (χ1) is 8.68. The number of hydrogen-bond acceptors (Lipinski definition) is 2. The molecule has 94 valence electrons. The fraction of sp³-hybridized carbons (Fsp3) is 0.143. The minimum Gasteiger partial charge on any atom is -0.434 e. The molecule has 0 aliphatic carbocycles. The summed E-state index contributed by atoms with van der Waals surface area (Å²) in [5.41, 5.74) is 0.951. The van der Waals surface area contributed by atoms with Crippen molar-refractivity contribution in [3.8, 4) is 5.75 Å². The highest BCUT2D eigenvalue weighted by atomic mass is 19.3. The first-order valence-electron chi connectivity index (χ1n) is 5.45. The van der Waals surface area contributed by atoms with Gasteiger partial charge in [0.2, 0.25) is 0 Å². The van der Waals surface area contributed by atoms with Crippen LogP contribution in [0.5, 0.6) is 5.75 Å². The van der Waals surface area contributed by atoms with Crippen LogP contribution in [0.2, 0.25) is 0 Å². The molecule has 1 N–H and O–H groups in total. The van der Waals surface area contributed by atoms with Gasteiger partial charge >= 0.3 is 6.61 Å². The number of aliphatic hydroxyl groups excluding tert-OH is 1. The van der Waals surface area contributed by atoms with Crippen molar-refractivity contribution in [3.05, 3.63) is 65.7 Å². The van der Waals surface area contributed by atoms with Crippen molar-refractivity contribution in [2.45, 2.75) is 12.7 Å². The SMILES string of the molecule is OC(c1ccccc1)c1ccccc1OC(F)F. The van der Waals surface area contributed by atoms with E-state index in [0.717, 1.165) is 0 Å². The topological polar surface area (TPSA) is 29.5 Å². The second-order valence-corrected chi connectivity index (χ2v) is 3.73. The number of alkyl halides is 2. The summed E-state index contributed by atoms with van der Waals surface area (Å²) < 4.78 is 28.9. The number of halogens is 2. The Morgan fingerprint density at radius 3 is 2.17 bits per heavy atom. The Morgan fingerprint density at radius 1 is 0.889 bits per heavy atom. The van der Waals surface area contributed by atoms with Crippen molar-refractivity contribution in [2.75, 3.05) is 0 Å². The van der Waals surface area contributed by atoms with Gasteiger partial charge in [0, 0.05) is 5.56 Å². The predicted octanol–water partition coefficient (Wildman–Crippen LogP) is 3.37. The molecule has 2 nitrogen and oxygen atoms in total. The molecule has 4 heteroatoms. The van der Waals surface area contributed by atoms with Gasteiger partial charge in [-0.2, -0.15) is 8.78 Å². The maximum Gasteiger partial charge on any atom is 0.387 e. The van der Waals surface area contributed by atoms with Crippen molar-refractivity contribution >= 4 is 0 Å². The van der Waals surface area contributed by atoms with Crippen LogP contribution in [0.15, 0.2) is 54.6 Å². The van der Waals surface area contributed by atoms with Crippen LogP contribution in [0.25, 0.3) is 0 Å². The van der Waals surface area contributed by atoms with E-state index >= 15 is 0 Å². The van der Waals surface area contributed by atoms with Crippen LogP contribution in [0.3, 0.4) is 0 Å². The molecule has 2 rings (SSSR count). The third-order valence-corrected chi connectivity index (χ3v) is 2.54. The van der Waals surface area contributed by atoms with Gasteiger partial charge in [-0.25, -0.2) is 0 Å². The molecule has 1 atom stereocenters. The average molecular weight is 250 g/mol. The van der Waals surface area contributed by atoms with Crippen LogP contribution in [0, 0.1) is 0 Å². The smallest absolute Gasteiger partial charge is 0.387 e. The lowest BCUT2D eigenvalue weighted by Crippen LogP contribution is -2.07. The molecule has 0 bridgehead atoms. The second-order valence-electron chi connectivity index (χ2n) is 3.73. The van der Waals surface area contributed by atoms with Crippen LogP contribution >= 0.6 is 0 Å². The van der Waals surface area contributed by atoms with E-state index in [1.54, 1.807) is 42.5 Å². The number of hydrogen-bond donors (Lipinski definition) is 1. The normalized spacial score (nSPS) is 12.4. The van der Waals surface area contributed by atoms with Gasteiger partial charge in [0.1, 0.15) is 11.9 Å². The lowest BCUT2D eigenvalue weighted by atomic mass is 10.0. The summed E-state index contributed by atoms with van der Waals surface area (Å²) in [4.78, 5) is 0. The van der Waals surface area contributed by atoms with Crippen LogP contribution in [0.1, 0.15) is 17.2 Å². The summed E-state index contributed by atoms with van der Waals surface area (Å²) >= 11 is 0. The van der Waals surface area contributed by atoms with Crippen molar-refractivity contribution in [1.82, 2.24) is 0 Å². The largest absolute Gasteiger partial charge is 0.434 e. The summed E-state index contributed by atoms with van der Waals surface area (Å²) in [6.07, 6.45) is -0.985. The third-order valence-electron chi connectivity index (χ3n) is 2.54. The van der Waals surface area contributed by atoms with Gasteiger partial charge in [0.15, 0.2) is 0 Å². The zero-order valence-corrected chi connectivity index (χ0v) is 9.46. The summed E-state index contributed by atoms with van der Waals surface area (Å²) in [7, 11) is 0. The van der Waals surface area contributed by atoms with Gasteiger partial charge < -0.3 is 9.84 Å². The summed E-state index contributed by atoms with van der Waals surface area (Å²) in [6.45, 7) is -2.91. The van der Waals surface area contributed by atoms with E-state index in [0.29, 0.717) is 11.1 Å². The van der Waals surface area contributed by atoms with Crippen molar-refractivity contribution < 1.29 is 18.6 Å². The molecule has 2 aromatic rings. The van der Waals surface area contributed by atoms with Crippen molar-refractivity contribution in [1.29, 1.82) is 0 Å². The fourth-order valence-electron chi connectivity index (χ4n) is 1.72. The van der Waals surface area contributed by atoms with E-state index in [-0.39, 0.29) is 5.75 Å². The van der Waals surface area contributed by atoms with E-state index in [1.165, 1.54) is 6.07 Å². The third kappa shape index (κ3) is 2.84. The molecule has 0 amide bonds. The van der Waals surface area contributed by atoms with E-state index in [2.05, 4.69) is 4.74 Å². The molecule has 2 aromatic carbocycles. The first kappa shape index (κ1) is 12.5. The second kappa shape index (κ2) is 5.60. The molecule has 0 fully saturated rings. The van der Waals surface area contributed by atoms with Gasteiger partial charge in [-0.3, -0.25) is 0 Å². The fourth-order valence-corrected chi connectivity index (χ4v) is 1.72. The molecule has 0 spiro atoms. The number of aliphatic hydroxyl groups is 1. The Bertz CT molecular complexity index is 500. The molecule has 0 aliphatic heterocycles. The Hall–Kier alpha value is -1.94. The van der Waals surface area contributed by atoms with E-state index < -0.39 is 12.7 Å². The van der Waals surface area contributed by atoms with Crippen LogP contribution in [-0.4, -0.2) is 11.7 Å². The highest BCUT2D eigenvalue weighted by molar-refractivity contribution is 5.40. The Balaban J connectivity index is 2.33. The monoisotopic (exact) mass is 250 g/mol. The number of para-hydroxylation sites is 1. The Morgan fingerprint density at radius 2 is 1.50 bits per heavy atom. The standard InChI is InChI=1S/C14H12F2O2/c15-14(16)18-12-9-5-4-8-11(12)13(17)10-6-2-1-3-7-10/h1-9,13-14,17H. The minimum absolute atomic E-state index is 0.0103. The van der Waals surface area contributed by atoms with E-state index in [4.69, 9.17) is 0 Å². The van der Waals surface area contributed by atoms with Gasteiger partial charge in [0.25, 0.3) is 0 Å². The molecule has 0 heterocycles. The zero-order chi connectivity index (χ0) is 13.0. The molecule has 0 saturated carbocycles. The molecule has 0 aliphatic rings. The average Bonchev–Trinajstić information content (AvgIpc) is 2.39. The number of benzene rings is 2. The van der Waals surface area contributed by atoms with Crippen molar-refractivity contribution in [2.24, 2.45) is 0 Å². The van der Waals surface area contributed by atoms with Gasteiger partial charge in [-0.15, -0.1) is 0 Å². The van der Waals surface area contributed by atoms with Crippen LogP contribution < -0.4 is 4.74 Å². The Kier molecular flexibility index (Phi) is 3.89. The predicted molar refractivity (Wildman–Crippen MR) is 63.6 cm³/mol. The zero-order valence-electron chi connectivity index (χ0n) is 9.46. The van der Waals surface area contributed by atoms with E-state index in [9.17, 15) is 13.9 Å². The van der Waals surface area contributed by atoms with Gasteiger partial charge in [-0.05, 0) is 11.6 Å².